The molecule has 108 valence electrons. The summed E-state index contributed by atoms with van der Waals surface area (Å²) >= 11 is 5.68. The second kappa shape index (κ2) is 6.48. The molecule has 0 fully saturated rings. The molecule has 0 atom stereocenters. The van der Waals surface area contributed by atoms with Gasteiger partial charge >= 0.3 is 0 Å². The minimum atomic E-state index is -0.612. The summed E-state index contributed by atoms with van der Waals surface area (Å²) in [6.07, 6.45) is 4.34. The van der Waals surface area contributed by atoms with Crippen LogP contribution in [0.1, 0.15) is 10.5 Å². The maximum Gasteiger partial charge on any atom is 0.278 e. The van der Waals surface area contributed by atoms with Gasteiger partial charge in [-0.05, 0) is 12.1 Å². The number of nitrogens with one attached hydrogen (secondary N) is 2. The molecule has 2 rings (SSSR count). The fourth-order valence-electron chi connectivity index (χ4n) is 1.30. The molecule has 6 N–H and O–H groups in total. The molecular formula is C11H11ClN8O. The van der Waals surface area contributed by atoms with Crippen molar-refractivity contribution in [3.63, 3.8) is 0 Å². The van der Waals surface area contributed by atoms with E-state index in [-0.39, 0.29) is 22.5 Å². The average molecular weight is 307 g/mol. The Bertz CT molecular complexity index is 675. The van der Waals surface area contributed by atoms with Crippen LogP contribution in [0.15, 0.2) is 29.6 Å². The molecule has 0 aromatic carbocycles. The first kappa shape index (κ1) is 14.5. The smallest absolute Gasteiger partial charge is 0.278 e. The van der Waals surface area contributed by atoms with Gasteiger partial charge in [-0.15, -0.1) is 0 Å². The second-order valence-corrected chi connectivity index (χ2v) is 4.08. The van der Waals surface area contributed by atoms with Crippen LogP contribution in [0.4, 0.5) is 17.3 Å². The summed E-state index contributed by atoms with van der Waals surface area (Å²) in [5.74, 6) is -0.778. The Morgan fingerprint density at radius 2 is 2.14 bits per heavy atom. The van der Waals surface area contributed by atoms with Crippen molar-refractivity contribution in [3.8, 4) is 0 Å². The molecule has 9 nitrogen and oxygen atoms in total. The van der Waals surface area contributed by atoms with Crippen LogP contribution in [0.5, 0.6) is 0 Å². The lowest BCUT2D eigenvalue weighted by Crippen LogP contribution is -2.25. The molecule has 21 heavy (non-hydrogen) atoms. The highest BCUT2D eigenvalue weighted by Gasteiger charge is 2.14. The van der Waals surface area contributed by atoms with E-state index in [1.165, 1.54) is 0 Å². The quantitative estimate of drug-likeness (QED) is 0.365. The van der Waals surface area contributed by atoms with E-state index < -0.39 is 5.91 Å². The van der Waals surface area contributed by atoms with E-state index in [4.69, 9.17) is 23.1 Å². The first-order chi connectivity index (χ1) is 10.1. The van der Waals surface area contributed by atoms with Crippen molar-refractivity contribution >= 4 is 41.2 Å². The number of aromatic nitrogens is 3. The van der Waals surface area contributed by atoms with E-state index in [1.54, 1.807) is 24.5 Å². The molecule has 0 bridgehead atoms. The first-order valence-corrected chi connectivity index (χ1v) is 6.02. The van der Waals surface area contributed by atoms with Gasteiger partial charge in [-0.2, -0.15) is 5.10 Å². The van der Waals surface area contributed by atoms with Crippen LogP contribution in [0.3, 0.4) is 0 Å². The zero-order valence-electron chi connectivity index (χ0n) is 10.6. The maximum absolute atomic E-state index is 11.8. The summed E-state index contributed by atoms with van der Waals surface area (Å²) in [4.78, 5) is 23.2. The first-order valence-electron chi connectivity index (χ1n) is 5.65. The summed E-state index contributed by atoms with van der Waals surface area (Å²) in [6.45, 7) is 0. The molecule has 0 aliphatic heterocycles. The van der Waals surface area contributed by atoms with E-state index in [1.807, 2.05) is 0 Å². The summed E-state index contributed by atoms with van der Waals surface area (Å²) in [5.41, 5.74) is 14.2. The molecule has 10 heteroatoms. The second-order valence-electron chi connectivity index (χ2n) is 3.72. The van der Waals surface area contributed by atoms with Gasteiger partial charge in [0.2, 0.25) is 0 Å². The zero-order chi connectivity index (χ0) is 15.2. The molecule has 2 heterocycles. The fourth-order valence-corrected chi connectivity index (χ4v) is 1.43. The molecule has 0 aliphatic rings. The molecule has 0 radical (unpaired) electrons. The number of halogens is 1. The van der Waals surface area contributed by atoms with E-state index in [9.17, 15) is 4.79 Å². The third-order valence-corrected chi connectivity index (χ3v) is 2.51. The number of hydrogen-bond acceptors (Lipinski definition) is 8. The Kier molecular flexibility index (Phi) is 4.46. The highest BCUT2D eigenvalue weighted by molar-refractivity contribution is 6.31. The summed E-state index contributed by atoms with van der Waals surface area (Å²) in [5, 5.41) is 6.05. The molecule has 0 saturated heterocycles. The van der Waals surface area contributed by atoms with Crippen molar-refractivity contribution < 1.29 is 4.79 Å². The van der Waals surface area contributed by atoms with E-state index in [2.05, 4.69) is 30.8 Å². The predicted octanol–water partition coefficient (Wildman–Crippen LogP) is 0.475. The Morgan fingerprint density at radius 1 is 1.33 bits per heavy atom. The van der Waals surface area contributed by atoms with Gasteiger partial charge in [-0.3, -0.25) is 15.2 Å². The lowest BCUT2D eigenvalue weighted by atomic mass is 10.4. The SMILES string of the molecule is Nc1nc(N)c(C(=O)N/C=N/Nc2cccnc2)nc1Cl. The average Bonchev–Trinajstić information content (AvgIpc) is 2.48. The lowest BCUT2D eigenvalue weighted by molar-refractivity contribution is 0.0974. The van der Waals surface area contributed by atoms with Gasteiger partial charge in [-0.1, -0.05) is 11.6 Å². The van der Waals surface area contributed by atoms with Crippen LogP contribution in [0.2, 0.25) is 5.15 Å². The largest absolute Gasteiger partial charge is 0.382 e. The van der Waals surface area contributed by atoms with Gasteiger partial charge in [0, 0.05) is 6.20 Å². The van der Waals surface area contributed by atoms with Crippen LogP contribution in [0.25, 0.3) is 0 Å². The molecule has 2 aromatic rings. The normalized spacial score (nSPS) is 10.5. The van der Waals surface area contributed by atoms with Crippen LogP contribution in [0, 0.1) is 0 Å². The van der Waals surface area contributed by atoms with Crippen LogP contribution >= 0.6 is 11.6 Å². The fraction of sp³-hybridized carbons (Fsp3) is 0. The Labute approximate surface area is 124 Å². The number of hydrazone groups is 1. The Hall–Kier alpha value is -2.94. The van der Waals surface area contributed by atoms with Crippen molar-refractivity contribution in [2.24, 2.45) is 5.10 Å². The Morgan fingerprint density at radius 3 is 2.86 bits per heavy atom. The maximum atomic E-state index is 11.8. The molecule has 2 aromatic heterocycles. The number of amides is 1. The van der Waals surface area contributed by atoms with Crippen molar-refractivity contribution in [1.82, 2.24) is 20.3 Å². The topological polar surface area (TPSA) is 144 Å². The number of hydrogen-bond donors (Lipinski definition) is 4. The lowest BCUT2D eigenvalue weighted by Gasteiger charge is -2.04. The molecule has 1 amide bonds. The van der Waals surface area contributed by atoms with Gasteiger partial charge in [0.1, 0.15) is 6.34 Å². The van der Waals surface area contributed by atoms with Crippen molar-refractivity contribution in [2.45, 2.75) is 0 Å². The summed E-state index contributed by atoms with van der Waals surface area (Å²) < 4.78 is 0. The molecular weight excluding hydrogens is 296 g/mol. The van der Waals surface area contributed by atoms with Crippen LogP contribution in [-0.2, 0) is 0 Å². The van der Waals surface area contributed by atoms with Gasteiger partial charge in [0.05, 0.1) is 11.9 Å². The predicted molar refractivity (Wildman–Crippen MR) is 79.7 cm³/mol. The highest BCUT2D eigenvalue weighted by atomic mass is 35.5. The zero-order valence-corrected chi connectivity index (χ0v) is 11.4. The number of nitrogens with two attached hydrogens (primary N) is 2. The van der Waals surface area contributed by atoms with E-state index in [0.29, 0.717) is 5.69 Å². The minimum absolute atomic E-state index is 0.0439. The number of nitrogens with zero attached hydrogens (tertiary/aromatic N) is 4. The molecule has 0 unspecified atom stereocenters. The monoisotopic (exact) mass is 306 g/mol. The summed E-state index contributed by atoms with van der Waals surface area (Å²) in [6, 6.07) is 3.50. The van der Waals surface area contributed by atoms with E-state index in [0.717, 1.165) is 6.34 Å². The van der Waals surface area contributed by atoms with Crippen LogP contribution < -0.4 is 22.2 Å². The third kappa shape index (κ3) is 3.76. The number of pyridine rings is 1. The molecule has 0 spiro atoms. The number of nitrogen functional groups attached to an aromatic ring is 2. The summed E-state index contributed by atoms with van der Waals surface area (Å²) in [7, 11) is 0. The van der Waals surface area contributed by atoms with Gasteiger partial charge in [-0.25, -0.2) is 9.97 Å². The van der Waals surface area contributed by atoms with Crippen molar-refractivity contribution in [1.29, 1.82) is 0 Å². The number of anilines is 3. The Balaban J connectivity index is 1.97. The van der Waals surface area contributed by atoms with Gasteiger partial charge in [0.15, 0.2) is 22.5 Å². The molecule has 0 saturated carbocycles. The standard InChI is InChI=1S/C11H11ClN8O/c12-8-10(14)19-9(13)7(18-8)11(21)16-5-17-20-6-2-1-3-15-4-6/h1-5,20H,(H4,13,14,19)(H,16,17,21). The van der Waals surface area contributed by atoms with Gasteiger partial charge < -0.3 is 16.8 Å². The molecule has 0 aliphatic carbocycles. The van der Waals surface area contributed by atoms with E-state index >= 15 is 0 Å². The van der Waals surface area contributed by atoms with Crippen molar-refractivity contribution in [3.05, 3.63) is 35.4 Å². The highest BCUT2D eigenvalue weighted by Crippen LogP contribution is 2.16. The number of rotatable bonds is 4. The number of carbonyl (C=O) groups excluding carboxylic acids is 1. The number of carbonyl (C=O) groups is 1. The third-order valence-electron chi connectivity index (χ3n) is 2.24. The van der Waals surface area contributed by atoms with Crippen molar-refractivity contribution in [2.75, 3.05) is 16.9 Å². The minimum Gasteiger partial charge on any atom is -0.382 e. The van der Waals surface area contributed by atoms with Gasteiger partial charge in [0.25, 0.3) is 5.91 Å². The van der Waals surface area contributed by atoms with Crippen LogP contribution in [-0.4, -0.2) is 27.2 Å².